The standard InChI is InChI=1S/C25H27N3O3/c1-16-8-9-23(31-3)18(12-16)13-24(29)28-11-10-17(15-28)22-14-20(25(30)26-2)19-6-4-5-7-21(19)27-22/h4-9,12,14,17H,10-11,13,15H2,1-3H3,(H,26,30). The van der Waals surface area contributed by atoms with E-state index in [-0.39, 0.29) is 17.7 Å². The average molecular weight is 418 g/mol. The van der Waals surface area contributed by atoms with E-state index in [0.29, 0.717) is 25.1 Å². The zero-order valence-corrected chi connectivity index (χ0v) is 18.1. The van der Waals surface area contributed by atoms with Crippen molar-refractivity contribution in [2.24, 2.45) is 0 Å². The van der Waals surface area contributed by atoms with Gasteiger partial charge in [-0.05, 0) is 31.5 Å². The van der Waals surface area contributed by atoms with E-state index < -0.39 is 0 Å². The molecule has 1 unspecified atom stereocenters. The first-order valence-corrected chi connectivity index (χ1v) is 10.5. The lowest BCUT2D eigenvalue weighted by atomic mass is 9.99. The molecule has 3 aromatic rings. The minimum absolute atomic E-state index is 0.0821. The number of fused-ring (bicyclic) bond motifs is 1. The van der Waals surface area contributed by atoms with Gasteiger partial charge in [-0.2, -0.15) is 0 Å². The molecular formula is C25H27N3O3. The van der Waals surface area contributed by atoms with E-state index in [9.17, 15) is 9.59 Å². The van der Waals surface area contributed by atoms with Crippen LogP contribution in [0.3, 0.4) is 0 Å². The number of carbonyl (C=O) groups excluding carboxylic acids is 2. The van der Waals surface area contributed by atoms with E-state index in [4.69, 9.17) is 9.72 Å². The highest BCUT2D eigenvalue weighted by molar-refractivity contribution is 6.06. The fraction of sp³-hybridized carbons (Fsp3) is 0.320. The molecule has 0 saturated carbocycles. The lowest BCUT2D eigenvalue weighted by molar-refractivity contribution is -0.129. The fourth-order valence-corrected chi connectivity index (χ4v) is 4.28. The van der Waals surface area contributed by atoms with Gasteiger partial charge in [-0.3, -0.25) is 14.6 Å². The van der Waals surface area contributed by atoms with Gasteiger partial charge < -0.3 is 15.0 Å². The van der Waals surface area contributed by atoms with Crippen LogP contribution in [0.1, 0.15) is 39.5 Å². The van der Waals surface area contributed by atoms with E-state index in [1.807, 2.05) is 60.4 Å². The monoisotopic (exact) mass is 417 g/mol. The molecule has 31 heavy (non-hydrogen) atoms. The van der Waals surface area contributed by atoms with Gasteiger partial charge >= 0.3 is 0 Å². The van der Waals surface area contributed by atoms with Crippen molar-refractivity contribution in [3.05, 3.63) is 70.9 Å². The molecule has 0 aliphatic carbocycles. The predicted octanol–water partition coefficient (Wildman–Crippen LogP) is 3.47. The van der Waals surface area contributed by atoms with Crippen LogP contribution in [0.25, 0.3) is 10.9 Å². The van der Waals surface area contributed by atoms with Crippen molar-refractivity contribution in [3.63, 3.8) is 0 Å². The lowest BCUT2D eigenvalue weighted by Gasteiger charge is -2.18. The molecule has 0 spiro atoms. The maximum atomic E-state index is 13.0. The van der Waals surface area contributed by atoms with Crippen molar-refractivity contribution in [1.82, 2.24) is 15.2 Å². The van der Waals surface area contributed by atoms with Crippen LogP contribution in [0.4, 0.5) is 0 Å². The van der Waals surface area contributed by atoms with E-state index >= 15 is 0 Å². The smallest absolute Gasteiger partial charge is 0.251 e. The number of carbonyl (C=O) groups is 2. The molecule has 1 fully saturated rings. The summed E-state index contributed by atoms with van der Waals surface area (Å²) in [6.07, 6.45) is 1.14. The summed E-state index contributed by atoms with van der Waals surface area (Å²) in [7, 11) is 3.26. The molecule has 6 nitrogen and oxygen atoms in total. The molecule has 1 saturated heterocycles. The molecule has 0 radical (unpaired) electrons. The third kappa shape index (κ3) is 4.24. The van der Waals surface area contributed by atoms with Crippen molar-refractivity contribution in [3.8, 4) is 5.75 Å². The topological polar surface area (TPSA) is 71.5 Å². The fourth-order valence-electron chi connectivity index (χ4n) is 4.28. The van der Waals surface area contributed by atoms with Gasteiger partial charge in [0, 0.05) is 42.7 Å². The highest BCUT2D eigenvalue weighted by atomic mass is 16.5. The number of hydrogen-bond acceptors (Lipinski definition) is 4. The van der Waals surface area contributed by atoms with Crippen LogP contribution in [-0.4, -0.2) is 48.9 Å². The summed E-state index contributed by atoms with van der Waals surface area (Å²) in [5.74, 6) is 0.800. The Labute approximate surface area is 182 Å². The third-order valence-corrected chi connectivity index (χ3v) is 5.94. The average Bonchev–Trinajstić information content (AvgIpc) is 3.28. The second-order valence-corrected chi connectivity index (χ2v) is 8.01. The molecule has 1 aliphatic rings. The van der Waals surface area contributed by atoms with E-state index in [1.54, 1.807) is 14.2 Å². The van der Waals surface area contributed by atoms with E-state index in [1.165, 1.54) is 0 Å². The summed E-state index contributed by atoms with van der Waals surface area (Å²) in [6.45, 7) is 3.29. The van der Waals surface area contributed by atoms with Gasteiger partial charge in [-0.1, -0.05) is 35.9 Å². The maximum absolute atomic E-state index is 13.0. The largest absolute Gasteiger partial charge is 0.496 e. The first-order chi connectivity index (χ1) is 15.0. The van der Waals surface area contributed by atoms with Crippen LogP contribution in [-0.2, 0) is 11.2 Å². The molecule has 1 aromatic heterocycles. The molecule has 2 heterocycles. The second-order valence-electron chi connectivity index (χ2n) is 8.01. The number of para-hydroxylation sites is 1. The van der Waals surface area contributed by atoms with Gasteiger partial charge in [0.2, 0.25) is 5.91 Å². The van der Waals surface area contributed by atoms with Crippen molar-refractivity contribution in [2.75, 3.05) is 27.2 Å². The van der Waals surface area contributed by atoms with Crippen LogP contribution in [0.15, 0.2) is 48.5 Å². The molecule has 1 aliphatic heterocycles. The molecule has 2 aromatic carbocycles. The number of rotatable bonds is 5. The maximum Gasteiger partial charge on any atom is 0.251 e. The molecule has 4 rings (SSSR count). The Morgan fingerprint density at radius 2 is 2.00 bits per heavy atom. The summed E-state index contributed by atoms with van der Waals surface area (Å²) in [6, 6.07) is 15.4. The zero-order valence-electron chi connectivity index (χ0n) is 18.1. The Bertz CT molecular complexity index is 1140. The van der Waals surface area contributed by atoms with E-state index in [2.05, 4.69) is 5.32 Å². The Morgan fingerprint density at radius 3 is 2.77 bits per heavy atom. The number of aromatic nitrogens is 1. The second kappa shape index (κ2) is 8.76. The number of amides is 2. The van der Waals surface area contributed by atoms with Gasteiger partial charge in [-0.15, -0.1) is 0 Å². The van der Waals surface area contributed by atoms with Gasteiger partial charge in [0.1, 0.15) is 5.75 Å². The first-order valence-electron chi connectivity index (χ1n) is 10.5. The number of nitrogens with zero attached hydrogens (tertiary/aromatic N) is 2. The van der Waals surface area contributed by atoms with Gasteiger partial charge in [0.25, 0.3) is 5.91 Å². The van der Waals surface area contributed by atoms with E-state index in [0.717, 1.165) is 39.9 Å². The number of ether oxygens (including phenoxy) is 1. The summed E-state index contributed by atoms with van der Waals surface area (Å²) in [4.78, 5) is 32.1. The number of aryl methyl sites for hydroxylation is 1. The van der Waals surface area contributed by atoms with Crippen molar-refractivity contribution >= 4 is 22.7 Å². The molecule has 1 atom stereocenters. The number of benzene rings is 2. The van der Waals surface area contributed by atoms with Gasteiger partial charge in [0.15, 0.2) is 0 Å². The van der Waals surface area contributed by atoms with Crippen LogP contribution in [0.2, 0.25) is 0 Å². The number of nitrogens with one attached hydrogen (secondary N) is 1. The number of methoxy groups -OCH3 is 1. The molecular weight excluding hydrogens is 390 g/mol. The van der Waals surface area contributed by atoms with Crippen molar-refractivity contribution in [2.45, 2.75) is 25.7 Å². The van der Waals surface area contributed by atoms with Crippen molar-refractivity contribution in [1.29, 1.82) is 0 Å². The van der Waals surface area contributed by atoms with Crippen molar-refractivity contribution < 1.29 is 14.3 Å². The Hall–Kier alpha value is -3.41. The Kier molecular flexibility index (Phi) is 5.89. The molecule has 160 valence electrons. The summed E-state index contributed by atoms with van der Waals surface area (Å²) in [5, 5.41) is 3.55. The molecule has 0 bridgehead atoms. The van der Waals surface area contributed by atoms with Crippen LogP contribution >= 0.6 is 0 Å². The molecule has 2 amide bonds. The quantitative estimate of drug-likeness (QED) is 0.690. The highest BCUT2D eigenvalue weighted by Crippen LogP contribution is 2.30. The van der Waals surface area contributed by atoms with Crippen LogP contribution < -0.4 is 10.1 Å². The third-order valence-electron chi connectivity index (χ3n) is 5.94. The number of pyridine rings is 1. The summed E-state index contributed by atoms with van der Waals surface area (Å²) in [5.41, 5.74) is 4.29. The van der Waals surface area contributed by atoms with Gasteiger partial charge in [-0.25, -0.2) is 0 Å². The van der Waals surface area contributed by atoms with Crippen LogP contribution in [0.5, 0.6) is 5.75 Å². The summed E-state index contributed by atoms with van der Waals surface area (Å²) < 4.78 is 5.42. The first kappa shape index (κ1) is 20.8. The lowest BCUT2D eigenvalue weighted by Crippen LogP contribution is -2.30. The Morgan fingerprint density at radius 1 is 1.19 bits per heavy atom. The molecule has 1 N–H and O–H groups in total. The SMILES string of the molecule is CNC(=O)c1cc(C2CCN(C(=O)Cc3cc(C)ccc3OC)C2)nc2ccccc12. The van der Waals surface area contributed by atoms with Gasteiger partial charge in [0.05, 0.1) is 24.6 Å². The molecule has 6 heteroatoms. The highest BCUT2D eigenvalue weighted by Gasteiger charge is 2.29. The minimum atomic E-state index is -0.127. The minimum Gasteiger partial charge on any atom is -0.496 e. The number of hydrogen-bond donors (Lipinski definition) is 1. The van der Waals surface area contributed by atoms with Crippen LogP contribution in [0, 0.1) is 6.92 Å². The summed E-state index contributed by atoms with van der Waals surface area (Å²) >= 11 is 0. The Balaban J connectivity index is 1.55. The zero-order chi connectivity index (χ0) is 22.0. The predicted molar refractivity (Wildman–Crippen MR) is 121 cm³/mol. The number of likely N-dealkylation sites (tertiary alicyclic amines) is 1. The normalized spacial score (nSPS) is 15.8.